The number of rotatable bonds is 7. The van der Waals surface area contributed by atoms with Crippen LogP contribution in [0.4, 0.5) is 18.9 Å². The number of alkyl halides is 3. The first-order valence-corrected chi connectivity index (χ1v) is 10.5. The Bertz CT molecular complexity index is 1270. The molecule has 2 aromatic heterocycles. The van der Waals surface area contributed by atoms with Crippen LogP contribution in [0.25, 0.3) is 11.2 Å². The number of nitrogens with zero attached hydrogens (tertiary/aromatic N) is 4. The average molecular weight is 465 g/mol. The second-order valence-electron chi connectivity index (χ2n) is 8.76. The Hall–Kier alpha value is -3.37. The fraction of sp³-hybridized carbons (Fsp3) is 0.455. The van der Waals surface area contributed by atoms with E-state index in [2.05, 4.69) is 10.3 Å². The highest BCUT2D eigenvalue weighted by Crippen LogP contribution is 2.29. The van der Waals surface area contributed by atoms with Crippen molar-refractivity contribution in [1.82, 2.24) is 18.7 Å². The minimum Gasteiger partial charge on any atom is -0.325 e. The predicted molar refractivity (Wildman–Crippen MR) is 118 cm³/mol. The molecule has 11 heteroatoms. The third kappa shape index (κ3) is 5.35. The third-order valence-corrected chi connectivity index (χ3v) is 4.89. The Morgan fingerprint density at radius 3 is 2.15 bits per heavy atom. The first-order valence-electron chi connectivity index (χ1n) is 10.5. The summed E-state index contributed by atoms with van der Waals surface area (Å²) in [7, 11) is 0. The van der Waals surface area contributed by atoms with Crippen molar-refractivity contribution in [3.8, 4) is 0 Å². The van der Waals surface area contributed by atoms with Crippen molar-refractivity contribution in [2.45, 2.75) is 53.5 Å². The van der Waals surface area contributed by atoms with E-state index in [1.807, 2.05) is 27.7 Å². The van der Waals surface area contributed by atoms with Crippen molar-refractivity contribution in [2.24, 2.45) is 11.8 Å². The fourth-order valence-electron chi connectivity index (χ4n) is 3.53. The molecule has 3 rings (SSSR count). The third-order valence-electron chi connectivity index (χ3n) is 4.89. The van der Waals surface area contributed by atoms with Gasteiger partial charge in [0.05, 0.1) is 11.9 Å². The average Bonchev–Trinajstić information content (AvgIpc) is 3.11. The lowest BCUT2D eigenvalue weighted by molar-refractivity contribution is -0.137. The van der Waals surface area contributed by atoms with Gasteiger partial charge >= 0.3 is 11.9 Å². The van der Waals surface area contributed by atoms with Crippen LogP contribution in [0.15, 0.2) is 40.2 Å². The minimum absolute atomic E-state index is 0.0769. The summed E-state index contributed by atoms with van der Waals surface area (Å²) in [5.41, 5.74) is -1.55. The van der Waals surface area contributed by atoms with Crippen LogP contribution in [0, 0.1) is 11.8 Å². The molecule has 0 saturated carbocycles. The van der Waals surface area contributed by atoms with Crippen LogP contribution in [-0.4, -0.2) is 24.6 Å². The maximum atomic E-state index is 13.2. The number of fused-ring (bicyclic) bond motifs is 1. The van der Waals surface area contributed by atoms with Gasteiger partial charge in [-0.15, -0.1) is 0 Å². The molecule has 0 aliphatic carbocycles. The normalized spacial score (nSPS) is 12.2. The number of nitrogens with one attached hydrogen (secondary N) is 1. The lowest BCUT2D eigenvalue weighted by Gasteiger charge is -2.15. The topological polar surface area (TPSA) is 90.9 Å². The highest BCUT2D eigenvalue weighted by atomic mass is 19.4. The highest BCUT2D eigenvalue weighted by Gasteiger charge is 2.30. The van der Waals surface area contributed by atoms with E-state index in [9.17, 15) is 27.6 Å². The summed E-state index contributed by atoms with van der Waals surface area (Å²) < 4.78 is 42.1. The highest BCUT2D eigenvalue weighted by molar-refractivity contribution is 5.90. The van der Waals surface area contributed by atoms with E-state index in [-0.39, 0.29) is 28.7 Å². The summed E-state index contributed by atoms with van der Waals surface area (Å²) in [5.74, 6) is -0.420. The molecule has 0 unspecified atom stereocenters. The Morgan fingerprint density at radius 1 is 1.00 bits per heavy atom. The zero-order valence-corrected chi connectivity index (χ0v) is 18.8. The molecule has 2 heterocycles. The molecule has 0 radical (unpaired) electrons. The van der Waals surface area contributed by atoms with Gasteiger partial charge in [0.2, 0.25) is 5.91 Å². The Kier molecular flexibility index (Phi) is 6.80. The van der Waals surface area contributed by atoms with E-state index >= 15 is 0 Å². The van der Waals surface area contributed by atoms with Crippen molar-refractivity contribution in [3.63, 3.8) is 0 Å². The number of imidazole rings is 1. The second-order valence-corrected chi connectivity index (χ2v) is 8.76. The molecule has 8 nitrogen and oxygen atoms in total. The minimum atomic E-state index is -4.49. The van der Waals surface area contributed by atoms with Crippen LogP contribution in [0.1, 0.15) is 33.3 Å². The van der Waals surface area contributed by atoms with Crippen LogP contribution in [0.5, 0.6) is 0 Å². The van der Waals surface area contributed by atoms with Crippen LogP contribution >= 0.6 is 0 Å². The molecule has 3 aromatic rings. The summed E-state index contributed by atoms with van der Waals surface area (Å²) in [6, 6.07) is 3.91. The van der Waals surface area contributed by atoms with Gasteiger partial charge in [-0.2, -0.15) is 13.2 Å². The van der Waals surface area contributed by atoms with Gasteiger partial charge in [0.25, 0.3) is 5.56 Å². The van der Waals surface area contributed by atoms with Gasteiger partial charge in [0, 0.05) is 18.8 Å². The molecule has 0 aliphatic heterocycles. The maximum Gasteiger partial charge on any atom is 0.416 e. The lowest BCUT2D eigenvalue weighted by Crippen LogP contribution is -2.43. The molecular weight excluding hydrogens is 439 g/mol. The van der Waals surface area contributed by atoms with E-state index in [1.165, 1.54) is 10.9 Å². The Labute approximate surface area is 187 Å². The number of anilines is 1. The van der Waals surface area contributed by atoms with Crippen molar-refractivity contribution in [3.05, 3.63) is 57.0 Å². The van der Waals surface area contributed by atoms with Crippen molar-refractivity contribution < 1.29 is 18.0 Å². The van der Waals surface area contributed by atoms with Crippen LogP contribution in [0.2, 0.25) is 0 Å². The van der Waals surface area contributed by atoms with Crippen LogP contribution < -0.4 is 16.6 Å². The maximum absolute atomic E-state index is 13.2. The quantitative estimate of drug-likeness (QED) is 0.580. The van der Waals surface area contributed by atoms with E-state index in [4.69, 9.17) is 0 Å². The van der Waals surface area contributed by atoms with Gasteiger partial charge in [-0.25, -0.2) is 14.3 Å². The summed E-state index contributed by atoms with van der Waals surface area (Å²) >= 11 is 0. The lowest BCUT2D eigenvalue weighted by atomic mass is 10.2. The predicted octanol–water partition coefficient (Wildman–Crippen LogP) is 3.33. The summed E-state index contributed by atoms with van der Waals surface area (Å²) in [6.07, 6.45) is -2.99. The SMILES string of the molecule is CC(C)Cn1cnc2c1c(=O)n(CC(=O)Nc1ccc(C(F)(F)F)cc1)c(=O)n2CC(C)C. The molecular formula is C22H26F3N5O3. The molecule has 0 aliphatic rings. The molecule has 1 aromatic carbocycles. The first-order chi connectivity index (χ1) is 15.4. The van der Waals surface area contributed by atoms with Gasteiger partial charge in [-0.1, -0.05) is 27.7 Å². The largest absolute Gasteiger partial charge is 0.416 e. The number of aromatic nitrogens is 4. The number of amides is 1. The van der Waals surface area contributed by atoms with E-state index < -0.39 is 35.4 Å². The summed E-state index contributed by atoms with van der Waals surface area (Å²) in [4.78, 5) is 43.1. The van der Waals surface area contributed by atoms with E-state index in [0.29, 0.717) is 13.1 Å². The molecule has 0 fully saturated rings. The molecule has 33 heavy (non-hydrogen) atoms. The molecule has 178 valence electrons. The molecule has 0 atom stereocenters. The number of carbonyl (C=O) groups is 1. The van der Waals surface area contributed by atoms with Crippen LogP contribution in [-0.2, 0) is 30.6 Å². The van der Waals surface area contributed by atoms with Gasteiger partial charge in [-0.3, -0.25) is 14.2 Å². The zero-order valence-electron chi connectivity index (χ0n) is 18.8. The molecule has 0 spiro atoms. The van der Waals surface area contributed by atoms with Crippen molar-refractivity contribution in [2.75, 3.05) is 5.32 Å². The molecule has 0 bridgehead atoms. The first kappa shape index (κ1) is 24.3. The molecule has 0 saturated heterocycles. The number of carbonyl (C=O) groups excluding carboxylic acids is 1. The second kappa shape index (κ2) is 9.24. The Balaban J connectivity index is 1.98. The number of halogens is 3. The van der Waals surface area contributed by atoms with Gasteiger partial charge in [0.15, 0.2) is 11.2 Å². The van der Waals surface area contributed by atoms with Crippen molar-refractivity contribution >= 4 is 22.8 Å². The van der Waals surface area contributed by atoms with Gasteiger partial charge in [-0.05, 0) is 36.1 Å². The standard InChI is InChI=1S/C22H26F3N5O3/c1-13(2)9-28-12-26-19-18(28)20(32)30(21(33)29(19)10-14(3)4)11-17(31)27-16-7-5-15(6-8-16)22(23,24)25/h5-8,12-14H,9-11H2,1-4H3,(H,27,31). The summed E-state index contributed by atoms with van der Waals surface area (Å²) in [5, 5.41) is 2.44. The molecule has 1 amide bonds. The van der Waals surface area contributed by atoms with Crippen LogP contribution in [0.3, 0.4) is 0 Å². The van der Waals surface area contributed by atoms with E-state index in [0.717, 1.165) is 28.8 Å². The number of benzene rings is 1. The number of hydrogen-bond donors (Lipinski definition) is 1. The van der Waals surface area contributed by atoms with Gasteiger partial charge in [0.1, 0.15) is 6.54 Å². The smallest absolute Gasteiger partial charge is 0.325 e. The van der Waals surface area contributed by atoms with Crippen molar-refractivity contribution in [1.29, 1.82) is 0 Å². The monoisotopic (exact) mass is 465 g/mol. The fourth-order valence-corrected chi connectivity index (χ4v) is 3.53. The van der Waals surface area contributed by atoms with Gasteiger partial charge < -0.3 is 9.88 Å². The number of hydrogen-bond acceptors (Lipinski definition) is 4. The summed E-state index contributed by atoms with van der Waals surface area (Å²) in [6.45, 7) is 8.00. The van der Waals surface area contributed by atoms with E-state index in [1.54, 1.807) is 4.57 Å². The molecule has 1 N–H and O–H groups in total. The Morgan fingerprint density at radius 2 is 1.61 bits per heavy atom. The zero-order chi connectivity index (χ0) is 24.5.